The molecule has 2 rings (SSSR count). The summed E-state index contributed by atoms with van der Waals surface area (Å²) in [6.45, 7) is 8.74. The number of aryl methyl sites for hydroxylation is 3. The van der Waals surface area contributed by atoms with Crippen LogP contribution in [0.3, 0.4) is 0 Å². The number of rotatable bonds is 5. The first-order chi connectivity index (χ1) is 10.9. The molecule has 0 fully saturated rings. The minimum atomic E-state index is -0.521. The number of pyridine rings is 1. The highest BCUT2D eigenvalue weighted by Crippen LogP contribution is 2.15. The highest BCUT2D eigenvalue weighted by Gasteiger charge is 2.33. The van der Waals surface area contributed by atoms with Gasteiger partial charge < -0.3 is 5.32 Å². The predicted octanol–water partition coefficient (Wildman–Crippen LogP) is 3.26. The molecule has 0 saturated carbocycles. The number of likely N-dealkylation sites (N-methyl/N-ethyl adjacent to an activating group) is 1. The van der Waals surface area contributed by atoms with Gasteiger partial charge in [0, 0.05) is 23.7 Å². The third-order valence-corrected chi connectivity index (χ3v) is 4.27. The van der Waals surface area contributed by atoms with E-state index in [1.54, 1.807) is 0 Å². The summed E-state index contributed by atoms with van der Waals surface area (Å²) in [7, 11) is 0. The first kappa shape index (κ1) is 17.3. The van der Waals surface area contributed by atoms with Crippen LogP contribution in [0.2, 0.25) is 0 Å². The lowest BCUT2D eigenvalue weighted by molar-refractivity contribution is -0.692. The minimum absolute atomic E-state index is 0.00894. The fourth-order valence-electron chi connectivity index (χ4n) is 2.49. The van der Waals surface area contributed by atoms with Gasteiger partial charge in [-0.15, -0.1) is 0 Å². The summed E-state index contributed by atoms with van der Waals surface area (Å²) < 4.78 is 1.89. The van der Waals surface area contributed by atoms with Gasteiger partial charge in [0.25, 0.3) is 6.04 Å². The van der Waals surface area contributed by atoms with E-state index < -0.39 is 6.04 Å². The first-order valence-electron chi connectivity index (χ1n) is 7.80. The number of Topliss-reactive ketones (excluding diaryl/α,β-unsaturated/α-hetero) is 1. The number of hydrogen-bond acceptors (Lipinski definition) is 2. The van der Waals surface area contributed by atoms with E-state index in [9.17, 15) is 4.79 Å². The van der Waals surface area contributed by atoms with Gasteiger partial charge >= 0.3 is 0 Å². The Morgan fingerprint density at radius 1 is 1.22 bits per heavy atom. The second kappa shape index (κ2) is 7.47. The van der Waals surface area contributed by atoms with E-state index in [4.69, 9.17) is 12.2 Å². The van der Waals surface area contributed by atoms with E-state index in [0.717, 1.165) is 11.1 Å². The molecule has 0 radical (unpaired) electrons. The summed E-state index contributed by atoms with van der Waals surface area (Å²) in [4.78, 5) is 13.6. The van der Waals surface area contributed by atoms with Crippen molar-refractivity contribution in [2.45, 2.75) is 33.7 Å². The number of carbonyl (C=O) groups is 1. The third kappa shape index (κ3) is 4.02. The van der Waals surface area contributed by atoms with Crippen molar-refractivity contribution < 1.29 is 9.36 Å². The van der Waals surface area contributed by atoms with Crippen LogP contribution in [0.5, 0.6) is 0 Å². The van der Waals surface area contributed by atoms with Crippen LogP contribution in [0.25, 0.3) is 0 Å². The molecule has 4 heteroatoms. The van der Waals surface area contributed by atoms with Crippen LogP contribution < -0.4 is 9.88 Å². The molecular weight excluding hydrogens is 304 g/mol. The highest BCUT2D eigenvalue weighted by molar-refractivity contribution is 7.80. The topological polar surface area (TPSA) is 33.0 Å². The van der Waals surface area contributed by atoms with Crippen LogP contribution in [0.1, 0.15) is 40.0 Å². The zero-order valence-electron chi connectivity index (χ0n) is 14.1. The van der Waals surface area contributed by atoms with E-state index in [1.165, 1.54) is 5.56 Å². The molecule has 0 spiro atoms. The molecule has 1 N–H and O–H groups in total. The second-order valence-corrected chi connectivity index (χ2v) is 6.23. The van der Waals surface area contributed by atoms with Crippen LogP contribution in [0.4, 0.5) is 0 Å². The Balaban J connectivity index is 2.46. The number of aromatic nitrogens is 1. The number of nitrogens with one attached hydrogen (secondary N) is 1. The minimum Gasteiger partial charge on any atom is -0.374 e. The fourth-order valence-corrected chi connectivity index (χ4v) is 2.86. The third-order valence-electron chi connectivity index (χ3n) is 3.91. The number of benzene rings is 1. The summed E-state index contributed by atoms with van der Waals surface area (Å²) >= 11 is 5.48. The largest absolute Gasteiger partial charge is 0.374 e. The average molecular weight is 327 g/mol. The lowest BCUT2D eigenvalue weighted by Crippen LogP contribution is -2.51. The van der Waals surface area contributed by atoms with Gasteiger partial charge in [-0.25, -0.2) is 0 Å². The monoisotopic (exact) mass is 327 g/mol. The molecule has 0 amide bonds. The lowest BCUT2D eigenvalue weighted by atomic mass is 9.99. The molecule has 23 heavy (non-hydrogen) atoms. The van der Waals surface area contributed by atoms with Crippen molar-refractivity contribution >= 4 is 23.0 Å². The number of hydrogen-bond donors (Lipinski definition) is 1. The standard InChI is InChI=1S/C19H22N2OS/c1-5-20-19(23)17(21-10-6-7-13(2)12-21)18(22)16-9-8-14(3)15(4)11-16/h6-12,17H,5H2,1-4H3/p+1. The van der Waals surface area contributed by atoms with Gasteiger partial charge in [0.2, 0.25) is 5.78 Å². The zero-order chi connectivity index (χ0) is 17.0. The Kier molecular flexibility index (Phi) is 5.61. The molecule has 1 aromatic carbocycles. The fraction of sp³-hybridized carbons (Fsp3) is 0.316. The normalized spacial score (nSPS) is 11.8. The van der Waals surface area contributed by atoms with E-state index in [1.807, 2.05) is 75.0 Å². The molecule has 0 aliphatic rings. The molecule has 1 aromatic heterocycles. The average Bonchev–Trinajstić information content (AvgIpc) is 2.50. The molecule has 0 aliphatic heterocycles. The lowest BCUT2D eigenvalue weighted by Gasteiger charge is -2.14. The molecule has 1 heterocycles. The smallest absolute Gasteiger partial charge is 0.270 e. The molecule has 120 valence electrons. The van der Waals surface area contributed by atoms with Crippen molar-refractivity contribution in [3.63, 3.8) is 0 Å². The van der Waals surface area contributed by atoms with E-state index in [0.29, 0.717) is 17.1 Å². The van der Waals surface area contributed by atoms with Crippen LogP contribution in [0, 0.1) is 20.8 Å². The number of nitrogens with zero attached hydrogens (tertiary/aromatic N) is 1. The predicted molar refractivity (Wildman–Crippen MR) is 96.9 cm³/mol. The van der Waals surface area contributed by atoms with Crippen LogP contribution in [-0.4, -0.2) is 17.3 Å². The van der Waals surface area contributed by atoms with Gasteiger partial charge in [0.1, 0.15) is 0 Å². The SMILES string of the molecule is CCNC(=S)C(C(=O)c1ccc(C)c(C)c1)[n+]1cccc(C)c1. The van der Waals surface area contributed by atoms with E-state index in [2.05, 4.69) is 5.32 Å². The summed E-state index contributed by atoms with van der Waals surface area (Å²) in [5.41, 5.74) is 4.06. The van der Waals surface area contributed by atoms with Crippen molar-refractivity contribution in [1.29, 1.82) is 0 Å². The molecule has 0 aliphatic carbocycles. The van der Waals surface area contributed by atoms with Gasteiger partial charge in [-0.3, -0.25) is 4.79 Å². The Morgan fingerprint density at radius 3 is 2.57 bits per heavy atom. The highest BCUT2D eigenvalue weighted by atomic mass is 32.1. The maximum absolute atomic E-state index is 13.1. The quantitative estimate of drug-likeness (QED) is 0.520. The van der Waals surface area contributed by atoms with Crippen LogP contribution in [0.15, 0.2) is 42.7 Å². The molecule has 0 bridgehead atoms. The summed E-state index contributed by atoms with van der Waals surface area (Å²) in [5, 5.41) is 3.13. The Labute approximate surface area is 143 Å². The summed E-state index contributed by atoms with van der Waals surface area (Å²) in [5.74, 6) is 0.00894. The van der Waals surface area contributed by atoms with Gasteiger partial charge in [-0.1, -0.05) is 24.4 Å². The molecule has 0 saturated heterocycles. The maximum Gasteiger partial charge on any atom is 0.270 e. The van der Waals surface area contributed by atoms with Gasteiger partial charge in [0.05, 0.1) is 0 Å². The van der Waals surface area contributed by atoms with Crippen LogP contribution in [-0.2, 0) is 0 Å². The number of ketones is 1. The second-order valence-electron chi connectivity index (χ2n) is 5.79. The summed E-state index contributed by atoms with van der Waals surface area (Å²) in [6, 6.07) is 9.22. The molecule has 2 aromatic rings. The van der Waals surface area contributed by atoms with E-state index >= 15 is 0 Å². The van der Waals surface area contributed by atoms with Crippen molar-refractivity contribution in [2.75, 3.05) is 6.54 Å². The number of carbonyl (C=O) groups excluding carboxylic acids is 1. The van der Waals surface area contributed by atoms with Crippen molar-refractivity contribution in [3.05, 3.63) is 65.0 Å². The molecule has 1 unspecified atom stereocenters. The Morgan fingerprint density at radius 2 is 1.96 bits per heavy atom. The Hall–Kier alpha value is -2.07. The van der Waals surface area contributed by atoms with Gasteiger partial charge in [-0.2, -0.15) is 4.57 Å². The van der Waals surface area contributed by atoms with Crippen molar-refractivity contribution in [3.8, 4) is 0 Å². The summed E-state index contributed by atoms with van der Waals surface area (Å²) in [6.07, 6.45) is 3.84. The first-order valence-corrected chi connectivity index (χ1v) is 8.21. The molecule has 3 nitrogen and oxygen atoms in total. The van der Waals surface area contributed by atoms with Crippen molar-refractivity contribution in [1.82, 2.24) is 5.32 Å². The van der Waals surface area contributed by atoms with Gasteiger partial charge in [-0.05, 0) is 51.0 Å². The molecular formula is C19H23N2OS+. The number of thiocarbonyl (C=S) groups is 1. The molecule has 1 atom stereocenters. The van der Waals surface area contributed by atoms with E-state index in [-0.39, 0.29) is 5.78 Å². The maximum atomic E-state index is 13.1. The van der Waals surface area contributed by atoms with Crippen LogP contribution >= 0.6 is 12.2 Å². The van der Waals surface area contributed by atoms with Gasteiger partial charge in [0.15, 0.2) is 17.4 Å². The van der Waals surface area contributed by atoms with Crippen molar-refractivity contribution in [2.24, 2.45) is 0 Å². The Bertz CT molecular complexity index is 740. The zero-order valence-corrected chi connectivity index (χ0v) is 14.9.